The number of hydrogen-bond donors (Lipinski definition) is 2. The summed E-state index contributed by atoms with van der Waals surface area (Å²) >= 11 is 1.32. The number of nitrogens with one attached hydrogen (secondary N) is 2. The maximum Gasteiger partial charge on any atom is 0.250 e. The predicted octanol–water partition coefficient (Wildman–Crippen LogP) is 2.26. The van der Waals surface area contributed by atoms with Crippen LogP contribution < -0.4 is 10.0 Å². The fraction of sp³-hybridized carbons (Fsp3) is 0.714. The van der Waals surface area contributed by atoms with Crippen LogP contribution in [0.25, 0.3) is 0 Å². The van der Waals surface area contributed by atoms with Gasteiger partial charge in [0.25, 0.3) is 0 Å². The van der Waals surface area contributed by atoms with Crippen molar-refractivity contribution in [1.29, 1.82) is 0 Å². The Morgan fingerprint density at radius 2 is 2.00 bits per heavy atom. The standard InChI is InChI=1S/C14H26N2O3S2/c1-6-19-9-12(5)16-21(17,18)14-7-11(4)13(20-14)8-15-10(2)3/h7,10,12,15-16H,6,8-9H2,1-5H3. The summed E-state index contributed by atoms with van der Waals surface area (Å²) in [6.07, 6.45) is 0. The number of thiophene rings is 1. The third-order valence-electron chi connectivity index (χ3n) is 2.86. The second kappa shape index (κ2) is 8.24. The predicted molar refractivity (Wildman–Crippen MR) is 87.3 cm³/mol. The van der Waals surface area contributed by atoms with Gasteiger partial charge >= 0.3 is 0 Å². The Morgan fingerprint density at radius 3 is 2.57 bits per heavy atom. The van der Waals surface area contributed by atoms with Gasteiger partial charge in [-0.3, -0.25) is 0 Å². The second-order valence-electron chi connectivity index (χ2n) is 5.39. The Hall–Kier alpha value is -0.470. The molecule has 1 aromatic heterocycles. The molecule has 0 amide bonds. The van der Waals surface area contributed by atoms with Gasteiger partial charge in [0.2, 0.25) is 10.0 Å². The number of hydrogen-bond acceptors (Lipinski definition) is 5. The van der Waals surface area contributed by atoms with Gasteiger partial charge in [-0.2, -0.15) is 0 Å². The Bertz CT molecular complexity index is 538. The van der Waals surface area contributed by atoms with Crippen LogP contribution >= 0.6 is 11.3 Å². The van der Waals surface area contributed by atoms with Crippen LogP contribution in [0.4, 0.5) is 0 Å². The summed E-state index contributed by atoms with van der Waals surface area (Å²) in [6.45, 7) is 11.4. The van der Waals surface area contributed by atoms with Crippen LogP contribution in [0.5, 0.6) is 0 Å². The van der Waals surface area contributed by atoms with E-state index in [0.717, 1.165) is 10.4 Å². The first-order valence-electron chi connectivity index (χ1n) is 7.19. The van der Waals surface area contributed by atoms with Gasteiger partial charge in [0, 0.05) is 30.1 Å². The van der Waals surface area contributed by atoms with Crippen molar-refractivity contribution in [2.45, 2.75) is 57.5 Å². The molecule has 0 aromatic carbocycles. The zero-order chi connectivity index (χ0) is 16.0. The van der Waals surface area contributed by atoms with Crippen LogP contribution in [0.3, 0.4) is 0 Å². The highest BCUT2D eigenvalue weighted by Gasteiger charge is 2.21. The van der Waals surface area contributed by atoms with Crippen LogP contribution in [-0.2, 0) is 21.3 Å². The molecule has 0 spiro atoms. The Labute approximate surface area is 132 Å². The SMILES string of the molecule is CCOCC(C)NS(=O)(=O)c1cc(C)c(CNC(C)C)s1. The molecule has 1 aromatic rings. The largest absolute Gasteiger partial charge is 0.380 e. The molecule has 1 heterocycles. The van der Waals surface area contributed by atoms with E-state index in [9.17, 15) is 8.42 Å². The summed E-state index contributed by atoms with van der Waals surface area (Å²) < 4.78 is 32.9. The Morgan fingerprint density at radius 1 is 1.33 bits per heavy atom. The molecule has 0 saturated heterocycles. The highest BCUT2D eigenvalue weighted by atomic mass is 32.2. The van der Waals surface area contributed by atoms with Crippen LogP contribution in [0, 0.1) is 6.92 Å². The molecule has 2 N–H and O–H groups in total. The summed E-state index contributed by atoms with van der Waals surface area (Å²) in [5.74, 6) is 0. The minimum absolute atomic E-state index is 0.241. The summed E-state index contributed by atoms with van der Waals surface area (Å²) in [5, 5.41) is 3.31. The highest BCUT2D eigenvalue weighted by molar-refractivity contribution is 7.91. The number of ether oxygens (including phenoxy) is 1. The van der Waals surface area contributed by atoms with E-state index in [1.165, 1.54) is 11.3 Å². The van der Waals surface area contributed by atoms with E-state index in [0.29, 0.717) is 30.0 Å². The molecule has 1 rings (SSSR count). The lowest BCUT2D eigenvalue weighted by Crippen LogP contribution is -2.35. The van der Waals surface area contributed by atoms with E-state index in [2.05, 4.69) is 23.9 Å². The first kappa shape index (κ1) is 18.6. The van der Waals surface area contributed by atoms with Crippen LogP contribution in [0.15, 0.2) is 10.3 Å². The number of rotatable bonds is 9. The topological polar surface area (TPSA) is 67.4 Å². The summed E-state index contributed by atoms with van der Waals surface area (Å²) in [7, 11) is -3.47. The molecule has 0 aliphatic heterocycles. The quantitative estimate of drug-likeness (QED) is 0.727. The van der Waals surface area contributed by atoms with Crippen molar-refractivity contribution in [1.82, 2.24) is 10.0 Å². The molecule has 1 atom stereocenters. The molecule has 0 aliphatic carbocycles. The van der Waals surface area contributed by atoms with Crippen molar-refractivity contribution in [2.75, 3.05) is 13.2 Å². The summed E-state index contributed by atoms with van der Waals surface area (Å²) in [6, 6.07) is 1.86. The second-order valence-corrected chi connectivity index (χ2v) is 8.47. The van der Waals surface area contributed by atoms with Crippen LogP contribution in [-0.4, -0.2) is 33.7 Å². The molecule has 122 valence electrons. The van der Waals surface area contributed by atoms with Crippen LogP contribution in [0.1, 0.15) is 38.1 Å². The molecule has 0 aliphatic rings. The monoisotopic (exact) mass is 334 g/mol. The van der Waals surface area contributed by atoms with Gasteiger partial charge in [-0.1, -0.05) is 13.8 Å². The Balaban J connectivity index is 2.77. The zero-order valence-corrected chi connectivity index (χ0v) is 15.0. The van der Waals surface area contributed by atoms with E-state index >= 15 is 0 Å². The van der Waals surface area contributed by atoms with Crippen molar-refractivity contribution < 1.29 is 13.2 Å². The Kier molecular flexibility index (Phi) is 7.29. The smallest absolute Gasteiger partial charge is 0.250 e. The third-order valence-corrected chi connectivity index (χ3v) is 6.16. The maximum atomic E-state index is 12.3. The third kappa shape index (κ3) is 6.04. The van der Waals surface area contributed by atoms with Gasteiger partial charge in [-0.15, -0.1) is 11.3 Å². The van der Waals surface area contributed by atoms with E-state index in [1.54, 1.807) is 13.0 Å². The van der Waals surface area contributed by atoms with Gasteiger partial charge in [0.05, 0.1) is 6.61 Å². The molecule has 21 heavy (non-hydrogen) atoms. The number of sulfonamides is 1. The molecule has 5 nitrogen and oxygen atoms in total. The van der Waals surface area contributed by atoms with E-state index in [1.807, 2.05) is 13.8 Å². The molecule has 0 bridgehead atoms. The minimum atomic E-state index is -3.47. The first-order chi connectivity index (χ1) is 9.76. The van der Waals surface area contributed by atoms with E-state index < -0.39 is 10.0 Å². The van der Waals surface area contributed by atoms with Gasteiger partial charge in [-0.05, 0) is 32.4 Å². The first-order valence-corrected chi connectivity index (χ1v) is 9.49. The molecular formula is C14H26N2O3S2. The molecular weight excluding hydrogens is 308 g/mol. The average molecular weight is 335 g/mol. The lowest BCUT2D eigenvalue weighted by Gasteiger charge is -2.12. The van der Waals surface area contributed by atoms with Crippen molar-refractivity contribution in [2.24, 2.45) is 0 Å². The van der Waals surface area contributed by atoms with Crippen molar-refractivity contribution in [3.8, 4) is 0 Å². The van der Waals surface area contributed by atoms with E-state index in [4.69, 9.17) is 4.74 Å². The van der Waals surface area contributed by atoms with Crippen molar-refractivity contribution >= 4 is 21.4 Å². The van der Waals surface area contributed by atoms with E-state index in [-0.39, 0.29) is 6.04 Å². The normalized spacial score (nSPS) is 13.8. The van der Waals surface area contributed by atoms with Crippen LogP contribution in [0.2, 0.25) is 0 Å². The summed E-state index contributed by atoms with van der Waals surface area (Å²) in [4.78, 5) is 1.06. The van der Waals surface area contributed by atoms with Gasteiger partial charge in [0.1, 0.15) is 4.21 Å². The van der Waals surface area contributed by atoms with Gasteiger partial charge in [-0.25, -0.2) is 13.1 Å². The summed E-state index contributed by atoms with van der Waals surface area (Å²) in [5.41, 5.74) is 1.01. The van der Waals surface area contributed by atoms with Gasteiger partial charge < -0.3 is 10.1 Å². The lowest BCUT2D eigenvalue weighted by atomic mass is 10.3. The average Bonchev–Trinajstić information content (AvgIpc) is 2.75. The molecule has 7 heteroatoms. The van der Waals surface area contributed by atoms with Gasteiger partial charge in [0.15, 0.2) is 0 Å². The fourth-order valence-electron chi connectivity index (χ4n) is 1.74. The van der Waals surface area contributed by atoms with Crippen molar-refractivity contribution in [3.63, 3.8) is 0 Å². The number of aryl methyl sites for hydroxylation is 1. The minimum Gasteiger partial charge on any atom is -0.380 e. The fourth-order valence-corrected chi connectivity index (χ4v) is 4.53. The zero-order valence-electron chi connectivity index (χ0n) is 13.4. The molecule has 0 fully saturated rings. The highest BCUT2D eigenvalue weighted by Crippen LogP contribution is 2.26. The molecule has 0 saturated carbocycles. The van der Waals surface area contributed by atoms with Crippen molar-refractivity contribution in [3.05, 3.63) is 16.5 Å². The maximum absolute atomic E-state index is 12.3. The lowest BCUT2D eigenvalue weighted by molar-refractivity contribution is 0.133. The molecule has 0 radical (unpaired) electrons. The molecule has 1 unspecified atom stereocenters.